The number of nitrogens with zero attached hydrogens (tertiary/aromatic N) is 1. The molecule has 0 bridgehead atoms. The van der Waals surface area contributed by atoms with E-state index in [0.717, 1.165) is 0 Å². The van der Waals surface area contributed by atoms with Crippen LogP contribution >= 0.6 is 0 Å². The van der Waals surface area contributed by atoms with Crippen molar-refractivity contribution in [2.75, 3.05) is 11.9 Å². The summed E-state index contributed by atoms with van der Waals surface area (Å²) in [5.41, 5.74) is 1.33. The van der Waals surface area contributed by atoms with E-state index in [-0.39, 0.29) is 11.8 Å². The molecule has 1 heterocycles. The topological polar surface area (TPSA) is 80.2 Å². The van der Waals surface area contributed by atoms with Crippen LogP contribution in [0.25, 0.3) is 0 Å². The molecule has 2 aromatic rings. The van der Waals surface area contributed by atoms with Crippen LogP contribution in [-0.4, -0.2) is 30.8 Å². The Labute approximate surface area is 142 Å². The van der Waals surface area contributed by atoms with Crippen molar-refractivity contribution in [3.63, 3.8) is 0 Å². The molecule has 24 heavy (non-hydrogen) atoms. The Kier molecular flexibility index (Phi) is 6.03. The quantitative estimate of drug-likeness (QED) is 0.806. The lowest BCUT2D eigenvalue weighted by molar-refractivity contribution is 0.251. The number of benzene rings is 1. The zero-order valence-electron chi connectivity index (χ0n) is 13.9. The van der Waals surface area contributed by atoms with Gasteiger partial charge in [-0.15, -0.1) is 0 Å². The number of nitrogens with one attached hydrogen (secondary N) is 2. The first-order valence-electron chi connectivity index (χ1n) is 7.83. The molecule has 1 aromatic heterocycles. The van der Waals surface area contributed by atoms with Crippen LogP contribution in [0.4, 0.5) is 10.5 Å². The summed E-state index contributed by atoms with van der Waals surface area (Å²) in [4.78, 5) is 11.8. The number of urea groups is 1. The van der Waals surface area contributed by atoms with Crippen LogP contribution in [0.15, 0.2) is 48.8 Å². The second-order valence-corrected chi connectivity index (χ2v) is 8.41. The predicted octanol–water partition coefficient (Wildman–Crippen LogP) is 2.63. The zero-order valence-corrected chi connectivity index (χ0v) is 14.7. The molecule has 0 saturated heterocycles. The summed E-state index contributed by atoms with van der Waals surface area (Å²) in [6.07, 6.45) is 3.87. The van der Waals surface area contributed by atoms with Crippen LogP contribution < -0.4 is 10.6 Å². The molecule has 6 nitrogen and oxygen atoms in total. The van der Waals surface area contributed by atoms with Gasteiger partial charge in [-0.1, -0.05) is 12.1 Å². The summed E-state index contributed by atoms with van der Waals surface area (Å²) >= 11 is 0. The summed E-state index contributed by atoms with van der Waals surface area (Å²) in [6, 6.07) is 10.4. The van der Waals surface area contributed by atoms with E-state index in [1.54, 1.807) is 38.1 Å². The summed E-state index contributed by atoms with van der Waals surface area (Å²) in [5, 5.41) is 5.10. The van der Waals surface area contributed by atoms with Crippen LogP contribution in [0.2, 0.25) is 0 Å². The van der Waals surface area contributed by atoms with Gasteiger partial charge in [0.25, 0.3) is 0 Å². The van der Waals surface area contributed by atoms with Gasteiger partial charge in [-0.3, -0.25) is 0 Å². The molecule has 1 aromatic carbocycles. The fraction of sp³-hybridized carbons (Fsp3) is 0.353. The van der Waals surface area contributed by atoms with Crippen LogP contribution in [-0.2, 0) is 22.1 Å². The molecule has 2 rings (SSSR count). The Bertz CT molecular complexity index is 751. The van der Waals surface area contributed by atoms with Crippen molar-refractivity contribution < 1.29 is 13.2 Å². The van der Waals surface area contributed by atoms with Gasteiger partial charge in [-0.25, -0.2) is 13.2 Å². The Morgan fingerprint density at radius 1 is 1.12 bits per heavy atom. The lowest BCUT2D eigenvalue weighted by atomic mass is 10.2. The van der Waals surface area contributed by atoms with Gasteiger partial charge in [-0.2, -0.15) is 0 Å². The Balaban J connectivity index is 1.81. The molecule has 0 aliphatic rings. The highest BCUT2D eigenvalue weighted by atomic mass is 32.2. The molecule has 0 aliphatic carbocycles. The first-order valence-corrected chi connectivity index (χ1v) is 9.54. The van der Waals surface area contributed by atoms with E-state index in [0.29, 0.717) is 24.3 Å². The number of rotatable bonds is 7. The molecule has 0 spiro atoms. The van der Waals surface area contributed by atoms with E-state index in [2.05, 4.69) is 10.6 Å². The fourth-order valence-corrected chi connectivity index (χ4v) is 3.07. The van der Waals surface area contributed by atoms with Gasteiger partial charge in [0.05, 0.1) is 11.0 Å². The Morgan fingerprint density at radius 3 is 2.33 bits per heavy atom. The minimum Gasteiger partial charge on any atom is -0.353 e. The first kappa shape index (κ1) is 18.1. The van der Waals surface area contributed by atoms with Crippen molar-refractivity contribution >= 4 is 21.6 Å². The highest BCUT2D eigenvalue weighted by molar-refractivity contribution is 7.91. The molecular weight excluding hydrogens is 326 g/mol. The minimum atomic E-state index is -3.12. The van der Waals surface area contributed by atoms with Gasteiger partial charge >= 0.3 is 6.03 Å². The lowest BCUT2D eigenvalue weighted by Gasteiger charge is -2.10. The van der Waals surface area contributed by atoms with E-state index in [9.17, 15) is 13.2 Å². The third-order valence-electron chi connectivity index (χ3n) is 3.62. The normalized spacial score (nSPS) is 11.5. The van der Waals surface area contributed by atoms with Crippen molar-refractivity contribution in [1.29, 1.82) is 0 Å². The number of anilines is 1. The minimum absolute atomic E-state index is 0.00795. The van der Waals surface area contributed by atoms with Crippen LogP contribution in [0.5, 0.6) is 0 Å². The number of amides is 2. The van der Waals surface area contributed by atoms with Crippen molar-refractivity contribution in [3.8, 4) is 0 Å². The molecule has 2 N–H and O–H groups in total. The Morgan fingerprint density at radius 2 is 1.75 bits per heavy atom. The van der Waals surface area contributed by atoms with Gasteiger partial charge < -0.3 is 15.2 Å². The predicted molar refractivity (Wildman–Crippen MR) is 95.7 cm³/mol. The molecule has 130 valence electrons. The van der Waals surface area contributed by atoms with Crippen molar-refractivity contribution in [3.05, 3.63) is 54.4 Å². The monoisotopic (exact) mass is 349 g/mol. The van der Waals surface area contributed by atoms with Crippen LogP contribution in [0.3, 0.4) is 0 Å². The number of carbonyl (C=O) groups excluding carboxylic acids is 1. The molecule has 0 unspecified atom stereocenters. The maximum atomic E-state index is 11.9. The first-order chi connectivity index (χ1) is 11.4. The molecule has 7 heteroatoms. The third kappa shape index (κ3) is 5.42. The maximum absolute atomic E-state index is 11.9. The van der Waals surface area contributed by atoms with E-state index in [1.807, 2.05) is 29.1 Å². The zero-order chi connectivity index (χ0) is 17.6. The highest BCUT2D eigenvalue weighted by Crippen LogP contribution is 2.14. The van der Waals surface area contributed by atoms with Crippen molar-refractivity contribution in [2.24, 2.45) is 0 Å². The summed E-state index contributed by atoms with van der Waals surface area (Å²) < 4.78 is 25.8. The molecule has 0 radical (unpaired) electrons. The number of hydrogen-bond acceptors (Lipinski definition) is 3. The molecule has 0 aliphatic heterocycles. The van der Waals surface area contributed by atoms with Gasteiger partial charge in [0.1, 0.15) is 0 Å². The second-order valence-electron chi connectivity index (χ2n) is 5.85. The molecule has 2 amide bonds. The summed E-state index contributed by atoms with van der Waals surface area (Å²) in [7, 11) is -3.12. The van der Waals surface area contributed by atoms with Crippen LogP contribution in [0.1, 0.15) is 19.4 Å². The highest BCUT2D eigenvalue weighted by Gasteiger charge is 2.16. The van der Waals surface area contributed by atoms with Gasteiger partial charge in [0.2, 0.25) is 0 Å². The average Bonchev–Trinajstić information content (AvgIpc) is 3.02. The maximum Gasteiger partial charge on any atom is 0.319 e. The summed E-state index contributed by atoms with van der Waals surface area (Å²) in [5.74, 6) is 0.00795. The average molecular weight is 349 g/mol. The van der Waals surface area contributed by atoms with E-state index in [1.165, 1.54) is 0 Å². The van der Waals surface area contributed by atoms with Gasteiger partial charge in [0, 0.05) is 31.2 Å². The molecular formula is C17H23N3O3S. The third-order valence-corrected chi connectivity index (χ3v) is 5.79. The number of hydrogen-bond donors (Lipinski definition) is 2. The smallest absolute Gasteiger partial charge is 0.319 e. The van der Waals surface area contributed by atoms with E-state index < -0.39 is 15.1 Å². The SMILES string of the molecule is CC(C)S(=O)(=O)Cc1ccc(NC(=O)NCCn2cccc2)cc1. The largest absolute Gasteiger partial charge is 0.353 e. The standard InChI is InChI=1S/C17H23N3O3S/c1-14(2)24(22,23)13-15-5-7-16(8-6-15)19-17(21)18-9-12-20-10-3-4-11-20/h3-8,10-11,14H,9,12-13H2,1-2H3,(H2,18,19,21). The van der Waals surface area contributed by atoms with Gasteiger partial charge in [-0.05, 0) is 43.7 Å². The Hall–Kier alpha value is -2.28. The molecule has 0 saturated carbocycles. The van der Waals surface area contributed by atoms with Crippen LogP contribution in [0, 0.1) is 0 Å². The number of sulfone groups is 1. The number of aromatic nitrogens is 1. The summed E-state index contributed by atoms with van der Waals surface area (Å²) in [6.45, 7) is 4.56. The number of carbonyl (C=O) groups is 1. The van der Waals surface area contributed by atoms with E-state index in [4.69, 9.17) is 0 Å². The van der Waals surface area contributed by atoms with Crippen molar-refractivity contribution in [1.82, 2.24) is 9.88 Å². The second kappa shape index (κ2) is 8.01. The fourth-order valence-electron chi connectivity index (χ4n) is 2.08. The van der Waals surface area contributed by atoms with Gasteiger partial charge in [0.15, 0.2) is 9.84 Å². The van der Waals surface area contributed by atoms with E-state index >= 15 is 0 Å². The molecule has 0 fully saturated rings. The lowest BCUT2D eigenvalue weighted by Crippen LogP contribution is -2.31. The molecule has 0 atom stereocenters. The van der Waals surface area contributed by atoms with Crippen molar-refractivity contribution in [2.45, 2.75) is 31.4 Å².